The van der Waals surface area contributed by atoms with Crippen molar-refractivity contribution in [2.24, 2.45) is 5.92 Å². The first-order valence-electron chi connectivity index (χ1n) is 5.09. The van der Waals surface area contributed by atoms with Gasteiger partial charge in [0.25, 0.3) is 0 Å². The van der Waals surface area contributed by atoms with Gasteiger partial charge in [-0.25, -0.2) is 4.39 Å². The number of likely N-dealkylation sites (tertiary alicyclic amines) is 1. The largest absolute Gasteiger partial charge is 0.385 e. The number of halogens is 1. The summed E-state index contributed by atoms with van der Waals surface area (Å²) in [5.41, 5.74) is 0. The number of hydrogen-bond donors (Lipinski definition) is 0. The SMILES string of the molecule is COCCCN1CC[C@@H](C)C(F)C1. The van der Waals surface area contributed by atoms with Gasteiger partial charge in [-0.1, -0.05) is 6.92 Å². The van der Waals surface area contributed by atoms with E-state index in [0.717, 1.165) is 32.5 Å². The van der Waals surface area contributed by atoms with Gasteiger partial charge in [0.15, 0.2) is 0 Å². The minimum absolute atomic E-state index is 0.249. The molecule has 1 heterocycles. The maximum Gasteiger partial charge on any atom is 0.115 e. The van der Waals surface area contributed by atoms with Gasteiger partial charge < -0.3 is 9.64 Å². The van der Waals surface area contributed by atoms with Crippen LogP contribution in [0.15, 0.2) is 0 Å². The molecule has 2 nitrogen and oxygen atoms in total. The second-order valence-corrected chi connectivity index (χ2v) is 3.93. The lowest BCUT2D eigenvalue weighted by molar-refractivity contribution is 0.0845. The van der Waals surface area contributed by atoms with Crippen molar-refractivity contribution in [1.29, 1.82) is 0 Å². The van der Waals surface area contributed by atoms with E-state index in [1.54, 1.807) is 7.11 Å². The predicted molar refractivity (Wildman–Crippen MR) is 51.6 cm³/mol. The molecule has 1 aliphatic rings. The molecule has 0 spiro atoms. The molecule has 0 aliphatic carbocycles. The minimum atomic E-state index is -0.628. The first kappa shape index (κ1) is 10.9. The Morgan fingerprint density at radius 1 is 1.54 bits per heavy atom. The molecule has 13 heavy (non-hydrogen) atoms. The average molecular weight is 189 g/mol. The zero-order valence-corrected chi connectivity index (χ0v) is 8.63. The molecule has 0 bridgehead atoms. The van der Waals surface area contributed by atoms with Crippen LogP contribution in [0.4, 0.5) is 4.39 Å². The second-order valence-electron chi connectivity index (χ2n) is 3.93. The number of hydrogen-bond acceptors (Lipinski definition) is 2. The molecule has 0 amide bonds. The molecule has 0 aromatic rings. The Morgan fingerprint density at radius 3 is 2.92 bits per heavy atom. The van der Waals surface area contributed by atoms with Crippen LogP contribution < -0.4 is 0 Å². The topological polar surface area (TPSA) is 12.5 Å². The predicted octanol–water partition coefficient (Wildman–Crippen LogP) is 1.70. The van der Waals surface area contributed by atoms with Gasteiger partial charge in [-0.3, -0.25) is 0 Å². The first-order chi connectivity index (χ1) is 6.24. The van der Waals surface area contributed by atoms with Crippen LogP contribution in [0.2, 0.25) is 0 Å². The van der Waals surface area contributed by atoms with E-state index in [1.165, 1.54) is 0 Å². The molecule has 0 aromatic heterocycles. The standard InChI is InChI=1S/C10H20FNO/c1-9-4-6-12(8-10(9)11)5-3-7-13-2/h9-10H,3-8H2,1-2H3/t9-,10?/m1/s1. The van der Waals surface area contributed by atoms with Gasteiger partial charge in [0.1, 0.15) is 6.17 Å². The Bertz CT molecular complexity index is 143. The van der Waals surface area contributed by atoms with Crippen LogP contribution in [-0.2, 0) is 4.74 Å². The van der Waals surface area contributed by atoms with E-state index >= 15 is 0 Å². The summed E-state index contributed by atoms with van der Waals surface area (Å²) in [6.07, 6.45) is 1.38. The molecule has 0 aromatic carbocycles. The van der Waals surface area contributed by atoms with Gasteiger partial charge in [0.2, 0.25) is 0 Å². The summed E-state index contributed by atoms with van der Waals surface area (Å²) in [6, 6.07) is 0. The first-order valence-corrected chi connectivity index (χ1v) is 5.09. The van der Waals surface area contributed by atoms with Crippen molar-refractivity contribution in [2.45, 2.75) is 25.9 Å². The fraction of sp³-hybridized carbons (Fsp3) is 1.00. The van der Waals surface area contributed by atoms with E-state index in [0.29, 0.717) is 6.54 Å². The van der Waals surface area contributed by atoms with Gasteiger partial charge in [-0.2, -0.15) is 0 Å². The van der Waals surface area contributed by atoms with Crippen molar-refractivity contribution in [2.75, 3.05) is 33.4 Å². The minimum Gasteiger partial charge on any atom is -0.385 e. The third-order valence-electron chi connectivity index (χ3n) is 2.77. The molecule has 78 valence electrons. The summed E-state index contributed by atoms with van der Waals surface area (Å²) in [7, 11) is 1.70. The van der Waals surface area contributed by atoms with Gasteiger partial charge >= 0.3 is 0 Å². The summed E-state index contributed by atoms with van der Waals surface area (Å²) >= 11 is 0. The molecule has 1 aliphatic heterocycles. The van der Waals surface area contributed by atoms with Crippen LogP contribution in [-0.4, -0.2) is 44.4 Å². The summed E-state index contributed by atoms with van der Waals surface area (Å²) in [6.45, 7) is 5.41. The summed E-state index contributed by atoms with van der Waals surface area (Å²) in [5, 5.41) is 0. The van der Waals surface area contributed by atoms with Crippen LogP contribution in [0.3, 0.4) is 0 Å². The Hall–Kier alpha value is -0.150. The van der Waals surface area contributed by atoms with Crippen molar-refractivity contribution >= 4 is 0 Å². The quantitative estimate of drug-likeness (QED) is 0.624. The Kier molecular flexibility index (Phi) is 4.67. The highest BCUT2D eigenvalue weighted by molar-refractivity contribution is 4.77. The zero-order valence-electron chi connectivity index (χ0n) is 8.63. The third-order valence-corrected chi connectivity index (χ3v) is 2.77. The smallest absolute Gasteiger partial charge is 0.115 e. The molecule has 2 atom stereocenters. The average Bonchev–Trinajstić information content (AvgIpc) is 2.12. The maximum atomic E-state index is 13.3. The number of ether oxygens (including phenoxy) is 1. The number of piperidine rings is 1. The number of alkyl halides is 1. The van der Waals surface area contributed by atoms with Gasteiger partial charge in [0.05, 0.1) is 0 Å². The van der Waals surface area contributed by atoms with E-state index in [-0.39, 0.29) is 5.92 Å². The van der Waals surface area contributed by atoms with Gasteiger partial charge in [-0.05, 0) is 25.3 Å². The van der Waals surface area contributed by atoms with E-state index in [4.69, 9.17) is 4.74 Å². The van der Waals surface area contributed by atoms with Crippen LogP contribution in [0.25, 0.3) is 0 Å². The highest BCUT2D eigenvalue weighted by Crippen LogP contribution is 2.19. The number of nitrogens with zero attached hydrogens (tertiary/aromatic N) is 1. The Balaban J connectivity index is 2.14. The van der Waals surface area contributed by atoms with E-state index in [1.807, 2.05) is 6.92 Å². The van der Waals surface area contributed by atoms with Crippen LogP contribution >= 0.6 is 0 Å². The molecule has 0 saturated carbocycles. The maximum absolute atomic E-state index is 13.3. The molecule has 1 fully saturated rings. The zero-order chi connectivity index (χ0) is 9.68. The number of rotatable bonds is 4. The third kappa shape index (κ3) is 3.61. The van der Waals surface area contributed by atoms with Crippen molar-refractivity contribution < 1.29 is 9.13 Å². The van der Waals surface area contributed by atoms with E-state index < -0.39 is 6.17 Å². The fourth-order valence-corrected chi connectivity index (χ4v) is 1.72. The highest BCUT2D eigenvalue weighted by Gasteiger charge is 2.24. The van der Waals surface area contributed by atoms with Crippen molar-refractivity contribution in [1.82, 2.24) is 4.90 Å². The Labute approximate surface area is 80.1 Å². The van der Waals surface area contributed by atoms with Crippen molar-refractivity contribution in [3.8, 4) is 0 Å². The molecule has 3 heteroatoms. The number of methoxy groups -OCH3 is 1. The summed E-state index contributed by atoms with van der Waals surface area (Å²) < 4.78 is 18.2. The van der Waals surface area contributed by atoms with Crippen molar-refractivity contribution in [3.63, 3.8) is 0 Å². The molecular formula is C10H20FNO. The summed E-state index contributed by atoms with van der Waals surface area (Å²) in [4.78, 5) is 2.20. The molecule has 1 saturated heterocycles. The van der Waals surface area contributed by atoms with Crippen LogP contribution in [0.5, 0.6) is 0 Å². The monoisotopic (exact) mass is 189 g/mol. The van der Waals surface area contributed by atoms with Gasteiger partial charge in [0, 0.05) is 26.8 Å². The van der Waals surface area contributed by atoms with Crippen LogP contribution in [0, 0.1) is 5.92 Å². The van der Waals surface area contributed by atoms with Crippen molar-refractivity contribution in [3.05, 3.63) is 0 Å². The Morgan fingerprint density at radius 2 is 2.31 bits per heavy atom. The van der Waals surface area contributed by atoms with Gasteiger partial charge in [-0.15, -0.1) is 0 Å². The summed E-state index contributed by atoms with van der Waals surface area (Å²) in [5.74, 6) is 0.249. The second kappa shape index (κ2) is 5.55. The van der Waals surface area contributed by atoms with E-state index in [2.05, 4.69) is 4.90 Å². The lowest BCUT2D eigenvalue weighted by Crippen LogP contribution is -2.41. The molecule has 0 N–H and O–H groups in total. The highest BCUT2D eigenvalue weighted by atomic mass is 19.1. The van der Waals surface area contributed by atoms with Crippen LogP contribution in [0.1, 0.15) is 19.8 Å². The molecule has 1 rings (SSSR count). The molecule has 0 radical (unpaired) electrons. The van der Waals surface area contributed by atoms with E-state index in [9.17, 15) is 4.39 Å². The lowest BCUT2D eigenvalue weighted by Gasteiger charge is -2.32. The molecular weight excluding hydrogens is 169 g/mol. The normalized spacial score (nSPS) is 30.7. The fourth-order valence-electron chi connectivity index (χ4n) is 1.72. The molecule has 1 unspecified atom stereocenters. The lowest BCUT2D eigenvalue weighted by atomic mass is 9.97.